The topological polar surface area (TPSA) is 78.5 Å². The fraction of sp³-hybridized carbons (Fsp3) is 0.833. The van der Waals surface area contributed by atoms with Gasteiger partial charge in [0, 0.05) is 19.0 Å². The molecule has 4 amide bonds. The van der Waals surface area contributed by atoms with Crippen LogP contribution in [0.2, 0.25) is 0 Å². The van der Waals surface area contributed by atoms with Gasteiger partial charge in [0.15, 0.2) is 0 Å². The van der Waals surface area contributed by atoms with Crippen LogP contribution in [0.25, 0.3) is 0 Å². The first kappa shape index (κ1) is 17.2. The fourth-order valence-electron chi connectivity index (χ4n) is 4.47. The molecule has 0 unspecified atom stereocenters. The summed E-state index contributed by atoms with van der Waals surface area (Å²) in [6.07, 6.45) is 6.95. The summed E-state index contributed by atoms with van der Waals surface area (Å²) in [6, 6.07) is -0.125. The van der Waals surface area contributed by atoms with Crippen molar-refractivity contribution < 1.29 is 14.4 Å². The van der Waals surface area contributed by atoms with E-state index in [4.69, 9.17) is 0 Å². The summed E-state index contributed by atoms with van der Waals surface area (Å²) in [7, 11) is 0. The lowest BCUT2D eigenvalue weighted by Gasteiger charge is -2.34. The summed E-state index contributed by atoms with van der Waals surface area (Å²) >= 11 is 0. The van der Waals surface area contributed by atoms with E-state index in [1.165, 1.54) is 11.3 Å². The number of amides is 4. The molecule has 0 aromatic heterocycles. The number of carbonyl (C=O) groups excluding carboxylic acids is 3. The minimum Gasteiger partial charge on any atom is -0.353 e. The van der Waals surface area contributed by atoms with Gasteiger partial charge in [-0.25, -0.2) is 4.79 Å². The Morgan fingerprint density at radius 3 is 2.62 bits per heavy atom. The molecule has 24 heavy (non-hydrogen) atoms. The maximum atomic E-state index is 12.5. The second-order valence-corrected chi connectivity index (χ2v) is 7.87. The highest BCUT2D eigenvalue weighted by Gasteiger charge is 2.52. The van der Waals surface area contributed by atoms with E-state index in [0.717, 1.165) is 38.5 Å². The molecule has 134 valence electrons. The summed E-state index contributed by atoms with van der Waals surface area (Å²) in [5.41, 5.74) is -0.680. The maximum Gasteiger partial charge on any atom is 0.325 e. The SMILES string of the molecule is C[C@H]1[C@H](C)CCC[C@H]1NC(=O)CCN1C(=O)NC2(CCCC2)C1=O. The van der Waals surface area contributed by atoms with Crippen molar-refractivity contribution in [3.05, 3.63) is 0 Å². The molecule has 3 atom stereocenters. The smallest absolute Gasteiger partial charge is 0.325 e. The van der Waals surface area contributed by atoms with Crippen LogP contribution in [-0.2, 0) is 9.59 Å². The van der Waals surface area contributed by atoms with Crippen LogP contribution in [0.1, 0.15) is 65.2 Å². The maximum absolute atomic E-state index is 12.5. The van der Waals surface area contributed by atoms with E-state index in [9.17, 15) is 14.4 Å². The molecule has 0 aromatic carbocycles. The molecule has 0 bridgehead atoms. The molecule has 6 heteroatoms. The largest absolute Gasteiger partial charge is 0.353 e. The Morgan fingerprint density at radius 2 is 1.92 bits per heavy atom. The second kappa shape index (κ2) is 6.73. The summed E-state index contributed by atoms with van der Waals surface area (Å²) in [5, 5.41) is 5.96. The number of carbonyl (C=O) groups is 3. The third-order valence-corrected chi connectivity index (χ3v) is 6.32. The summed E-state index contributed by atoms with van der Waals surface area (Å²) in [5.74, 6) is 0.893. The van der Waals surface area contributed by atoms with Crippen molar-refractivity contribution in [1.29, 1.82) is 0 Å². The van der Waals surface area contributed by atoms with Crippen LogP contribution in [-0.4, -0.2) is 40.9 Å². The lowest BCUT2D eigenvalue weighted by atomic mass is 9.78. The molecular formula is C18H29N3O3. The molecule has 1 spiro atoms. The molecule has 1 heterocycles. The quantitative estimate of drug-likeness (QED) is 0.773. The van der Waals surface area contributed by atoms with Crippen LogP contribution < -0.4 is 10.6 Å². The molecule has 3 rings (SSSR count). The number of nitrogens with one attached hydrogen (secondary N) is 2. The minimum atomic E-state index is -0.680. The average Bonchev–Trinajstić information content (AvgIpc) is 3.09. The number of hydrogen-bond acceptors (Lipinski definition) is 3. The van der Waals surface area contributed by atoms with Crippen LogP contribution >= 0.6 is 0 Å². The van der Waals surface area contributed by atoms with Gasteiger partial charge in [-0.15, -0.1) is 0 Å². The van der Waals surface area contributed by atoms with E-state index in [0.29, 0.717) is 11.8 Å². The van der Waals surface area contributed by atoms with E-state index in [-0.39, 0.29) is 36.9 Å². The van der Waals surface area contributed by atoms with Crippen LogP contribution in [0.4, 0.5) is 4.79 Å². The van der Waals surface area contributed by atoms with Gasteiger partial charge in [0.1, 0.15) is 5.54 Å². The van der Waals surface area contributed by atoms with Crippen LogP contribution in [0.5, 0.6) is 0 Å². The van der Waals surface area contributed by atoms with Crippen molar-refractivity contribution in [3.63, 3.8) is 0 Å². The zero-order chi connectivity index (χ0) is 17.3. The van der Waals surface area contributed by atoms with Crippen molar-refractivity contribution in [2.75, 3.05) is 6.54 Å². The van der Waals surface area contributed by atoms with Crippen LogP contribution in [0.3, 0.4) is 0 Å². The Bertz CT molecular complexity index is 528. The molecule has 1 aliphatic heterocycles. The van der Waals surface area contributed by atoms with E-state index in [1.54, 1.807) is 0 Å². The van der Waals surface area contributed by atoms with Crippen molar-refractivity contribution >= 4 is 17.8 Å². The summed E-state index contributed by atoms with van der Waals surface area (Å²) < 4.78 is 0. The van der Waals surface area contributed by atoms with Gasteiger partial charge in [-0.05, 0) is 31.1 Å². The third-order valence-electron chi connectivity index (χ3n) is 6.32. The molecular weight excluding hydrogens is 306 g/mol. The molecule has 2 saturated carbocycles. The molecule has 2 N–H and O–H groups in total. The van der Waals surface area contributed by atoms with E-state index >= 15 is 0 Å². The Morgan fingerprint density at radius 1 is 1.21 bits per heavy atom. The number of imide groups is 1. The van der Waals surface area contributed by atoms with Crippen molar-refractivity contribution in [3.8, 4) is 0 Å². The number of rotatable bonds is 4. The standard InChI is InChI=1S/C18H29N3O3/c1-12-6-5-7-14(13(12)2)19-15(22)8-11-21-16(23)18(20-17(21)24)9-3-4-10-18/h12-14H,3-11H2,1-2H3,(H,19,22)(H,20,24)/t12-,13+,14-/m1/s1. The lowest BCUT2D eigenvalue weighted by Crippen LogP contribution is -2.45. The summed E-state index contributed by atoms with van der Waals surface area (Å²) in [4.78, 5) is 38.2. The second-order valence-electron chi connectivity index (χ2n) is 7.87. The van der Waals surface area contributed by atoms with Gasteiger partial charge in [-0.2, -0.15) is 0 Å². The van der Waals surface area contributed by atoms with Crippen LogP contribution in [0.15, 0.2) is 0 Å². The number of hydrogen-bond donors (Lipinski definition) is 2. The summed E-state index contributed by atoms with van der Waals surface area (Å²) in [6.45, 7) is 4.60. The third kappa shape index (κ3) is 3.15. The molecule has 3 aliphatic rings. The minimum absolute atomic E-state index is 0.0612. The van der Waals surface area contributed by atoms with Gasteiger partial charge in [0.2, 0.25) is 5.91 Å². The first-order chi connectivity index (χ1) is 11.4. The molecule has 0 aromatic rings. The Labute approximate surface area is 143 Å². The highest BCUT2D eigenvalue weighted by atomic mass is 16.2. The number of urea groups is 1. The molecule has 2 aliphatic carbocycles. The first-order valence-corrected chi connectivity index (χ1v) is 9.36. The highest BCUT2D eigenvalue weighted by Crippen LogP contribution is 2.35. The van der Waals surface area contributed by atoms with Gasteiger partial charge in [0.05, 0.1) is 0 Å². The van der Waals surface area contributed by atoms with E-state index < -0.39 is 5.54 Å². The van der Waals surface area contributed by atoms with Crippen LogP contribution in [0, 0.1) is 11.8 Å². The Balaban J connectivity index is 1.51. The monoisotopic (exact) mass is 335 g/mol. The van der Waals surface area contributed by atoms with Crippen molar-refractivity contribution in [2.24, 2.45) is 11.8 Å². The molecule has 1 saturated heterocycles. The van der Waals surface area contributed by atoms with Gasteiger partial charge >= 0.3 is 6.03 Å². The van der Waals surface area contributed by atoms with Gasteiger partial charge in [-0.3, -0.25) is 14.5 Å². The highest BCUT2D eigenvalue weighted by molar-refractivity contribution is 6.07. The molecule has 0 radical (unpaired) electrons. The zero-order valence-electron chi connectivity index (χ0n) is 14.8. The van der Waals surface area contributed by atoms with Gasteiger partial charge in [0.25, 0.3) is 5.91 Å². The molecule has 6 nitrogen and oxygen atoms in total. The number of nitrogens with zero attached hydrogens (tertiary/aromatic N) is 1. The molecule has 3 fully saturated rings. The average molecular weight is 335 g/mol. The Hall–Kier alpha value is -1.59. The van der Waals surface area contributed by atoms with E-state index in [1.807, 2.05) is 0 Å². The predicted octanol–water partition coefficient (Wildman–Crippen LogP) is 2.18. The van der Waals surface area contributed by atoms with Gasteiger partial charge < -0.3 is 10.6 Å². The normalized spacial score (nSPS) is 32.2. The van der Waals surface area contributed by atoms with Crippen molar-refractivity contribution in [2.45, 2.75) is 76.8 Å². The predicted molar refractivity (Wildman–Crippen MR) is 90.2 cm³/mol. The van der Waals surface area contributed by atoms with Gasteiger partial charge in [-0.1, -0.05) is 39.5 Å². The Kier molecular flexibility index (Phi) is 4.83. The fourth-order valence-corrected chi connectivity index (χ4v) is 4.47. The zero-order valence-corrected chi connectivity index (χ0v) is 14.8. The first-order valence-electron chi connectivity index (χ1n) is 9.36. The van der Waals surface area contributed by atoms with Crippen molar-refractivity contribution in [1.82, 2.24) is 15.5 Å². The van der Waals surface area contributed by atoms with E-state index in [2.05, 4.69) is 24.5 Å². The lowest BCUT2D eigenvalue weighted by molar-refractivity contribution is -0.131.